The van der Waals surface area contributed by atoms with Crippen LogP contribution in [0.2, 0.25) is 0 Å². The quantitative estimate of drug-likeness (QED) is 0.789. The van der Waals surface area contributed by atoms with Crippen LogP contribution in [0.25, 0.3) is 11.3 Å². The molecule has 0 aliphatic heterocycles. The van der Waals surface area contributed by atoms with Crippen LogP contribution in [0.1, 0.15) is 0 Å². The average molecular weight is 253 g/mol. The molecule has 0 unspecified atom stereocenters. The molecule has 0 N–H and O–H groups in total. The first-order valence-corrected chi connectivity index (χ1v) is 6.40. The Morgan fingerprint density at radius 1 is 1.38 bits per heavy atom. The molecule has 1 aromatic carbocycles. The Balaban J connectivity index is 2.30. The lowest BCUT2D eigenvalue weighted by atomic mass is 10.2. The van der Waals surface area contributed by atoms with Crippen LogP contribution in [0.5, 0.6) is 0 Å². The second-order valence-electron chi connectivity index (χ2n) is 2.86. The van der Waals surface area contributed by atoms with E-state index >= 15 is 0 Å². The molecule has 2 aromatic rings. The number of hydrogen-bond acceptors (Lipinski definition) is 6. The minimum Gasteiger partial charge on any atom is -0.441 e. The molecular formula is C10H9N2O2S2-. The van der Waals surface area contributed by atoms with E-state index in [1.807, 2.05) is 35.7 Å². The lowest BCUT2D eigenvalue weighted by Crippen LogP contribution is -1.77. The molecule has 0 aliphatic carbocycles. The Morgan fingerprint density at radius 2 is 2.12 bits per heavy atom. The topological polar surface area (TPSA) is 51.5 Å². The van der Waals surface area contributed by atoms with Crippen LogP contribution < -0.4 is 0 Å². The van der Waals surface area contributed by atoms with Gasteiger partial charge in [0.05, 0.1) is 5.69 Å². The molecule has 4 nitrogen and oxygen atoms in total. The second-order valence-corrected chi connectivity index (χ2v) is 4.64. The van der Waals surface area contributed by atoms with Gasteiger partial charge >= 0.3 is 0 Å². The lowest BCUT2D eigenvalue weighted by molar-refractivity contribution is 0.438. The summed E-state index contributed by atoms with van der Waals surface area (Å²) >= 11 is 1.34. The van der Waals surface area contributed by atoms with Crippen molar-refractivity contribution in [2.45, 2.75) is 0 Å². The predicted molar refractivity (Wildman–Crippen MR) is 64.7 cm³/mol. The summed E-state index contributed by atoms with van der Waals surface area (Å²) in [4.78, 5) is 4.25. The highest BCUT2D eigenvalue weighted by Crippen LogP contribution is 2.26. The molecule has 16 heavy (non-hydrogen) atoms. The maximum absolute atomic E-state index is 11.0. The van der Waals surface area contributed by atoms with E-state index in [2.05, 4.69) is 13.5 Å². The molecule has 0 aliphatic rings. The number of hydrogen-bond donors (Lipinski definition) is 0. The summed E-state index contributed by atoms with van der Waals surface area (Å²) in [5, 5.41) is 2.33. The van der Waals surface area contributed by atoms with E-state index < -0.39 is 10.9 Å². The van der Waals surface area contributed by atoms with Crippen LogP contribution in [-0.4, -0.2) is 12.1 Å². The van der Waals surface area contributed by atoms with Crippen LogP contribution >= 0.6 is 11.3 Å². The molecule has 0 saturated heterocycles. The third kappa shape index (κ3) is 2.66. The van der Waals surface area contributed by atoms with Crippen LogP contribution in [0.15, 0.2) is 40.1 Å². The molecule has 6 heteroatoms. The normalized spacial score (nSPS) is 12.8. The largest absolute Gasteiger partial charge is 0.441 e. The van der Waals surface area contributed by atoms with Gasteiger partial charge in [0.15, 0.2) is 5.13 Å². The molecule has 0 spiro atoms. The van der Waals surface area contributed by atoms with Gasteiger partial charge in [-0.05, 0) is 0 Å². The standard InChI is InChI=1S/C10H9N2O2S2/c1-14-16(13)12-10-11-9(7-15-10)8-5-3-2-4-6-8/h2-7H,1H3/q-1. The van der Waals surface area contributed by atoms with Gasteiger partial charge in [0.25, 0.3) is 0 Å². The van der Waals surface area contributed by atoms with Gasteiger partial charge < -0.3 is 12.8 Å². The molecule has 0 bridgehead atoms. The molecule has 2 rings (SSSR count). The van der Waals surface area contributed by atoms with Gasteiger partial charge in [-0.2, -0.15) is 0 Å². The molecule has 0 radical (unpaired) electrons. The highest BCUT2D eigenvalue weighted by Gasteiger charge is 2.00. The maximum Gasteiger partial charge on any atom is 0.187 e. The fourth-order valence-corrected chi connectivity index (χ4v) is 2.30. The van der Waals surface area contributed by atoms with E-state index in [4.69, 9.17) is 0 Å². The minimum absolute atomic E-state index is 0.457. The summed E-state index contributed by atoms with van der Waals surface area (Å²) in [5.41, 5.74) is 1.85. The van der Waals surface area contributed by atoms with Gasteiger partial charge in [-0.15, -0.1) is 11.3 Å². The summed E-state index contributed by atoms with van der Waals surface area (Å²) in [5.74, 6) is 0. The van der Waals surface area contributed by atoms with Gasteiger partial charge in [0, 0.05) is 18.1 Å². The van der Waals surface area contributed by atoms with E-state index in [1.54, 1.807) is 0 Å². The zero-order chi connectivity index (χ0) is 11.4. The first-order chi connectivity index (χ1) is 7.79. The molecule has 0 saturated carbocycles. The van der Waals surface area contributed by atoms with Crippen LogP contribution in [0.4, 0.5) is 5.13 Å². The van der Waals surface area contributed by atoms with Crippen molar-refractivity contribution in [3.8, 4) is 11.3 Å². The predicted octanol–water partition coefficient (Wildman–Crippen LogP) is 3.15. The Kier molecular flexibility index (Phi) is 3.66. The first-order valence-electron chi connectivity index (χ1n) is 4.48. The Hall–Kier alpha value is -1.24. The number of rotatable bonds is 3. The van der Waals surface area contributed by atoms with Crippen molar-refractivity contribution in [2.24, 2.45) is 4.36 Å². The molecular weight excluding hydrogens is 244 g/mol. The van der Waals surface area contributed by atoms with E-state index in [0.29, 0.717) is 5.13 Å². The monoisotopic (exact) mass is 253 g/mol. The summed E-state index contributed by atoms with van der Waals surface area (Å²) in [7, 11) is -0.309. The first kappa shape index (κ1) is 11.3. The van der Waals surface area contributed by atoms with Gasteiger partial charge in [0.2, 0.25) is 0 Å². The SMILES string of the molecule is CO[S-](=O)=Nc1nc(-c2ccccc2)cs1. The highest BCUT2D eigenvalue weighted by molar-refractivity contribution is 7.70. The van der Waals surface area contributed by atoms with E-state index in [-0.39, 0.29) is 0 Å². The number of thiazole rings is 1. The number of nitrogens with zero attached hydrogens (tertiary/aromatic N) is 2. The van der Waals surface area contributed by atoms with Crippen molar-refractivity contribution < 1.29 is 8.39 Å². The summed E-state index contributed by atoms with van der Waals surface area (Å²) in [6, 6.07) is 9.76. The lowest BCUT2D eigenvalue weighted by Gasteiger charge is -1.97. The van der Waals surface area contributed by atoms with E-state index in [9.17, 15) is 4.21 Å². The van der Waals surface area contributed by atoms with Crippen LogP contribution in [-0.2, 0) is 19.3 Å². The zero-order valence-electron chi connectivity index (χ0n) is 8.49. The van der Waals surface area contributed by atoms with Crippen LogP contribution in [0.3, 0.4) is 0 Å². The summed E-state index contributed by atoms with van der Waals surface area (Å²) in [6.45, 7) is 0. The zero-order valence-corrected chi connectivity index (χ0v) is 10.1. The molecule has 1 aromatic heterocycles. The molecule has 1 heterocycles. The third-order valence-corrected chi connectivity index (χ3v) is 3.31. The molecule has 0 fully saturated rings. The van der Waals surface area contributed by atoms with Crippen molar-refractivity contribution in [3.05, 3.63) is 35.7 Å². The number of benzene rings is 1. The fourth-order valence-electron chi connectivity index (χ4n) is 1.15. The molecule has 0 atom stereocenters. The highest BCUT2D eigenvalue weighted by atomic mass is 32.2. The summed E-state index contributed by atoms with van der Waals surface area (Å²) in [6.07, 6.45) is 0. The van der Waals surface area contributed by atoms with Gasteiger partial charge in [-0.3, -0.25) is 0 Å². The Morgan fingerprint density at radius 3 is 2.81 bits per heavy atom. The fraction of sp³-hybridized carbons (Fsp3) is 0.100. The second kappa shape index (κ2) is 5.20. The van der Waals surface area contributed by atoms with Gasteiger partial charge in [-0.1, -0.05) is 41.2 Å². The van der Waals surface area contributed by atoms with Gasteiger partial charge in [-0.25, -0.2) is 4.98 Å². The van der Waals surface area contributed by atoms with Gasteiger partial charge in [0.1, 0.15) is 0 Å². The minimum atomic E-state index is -1.65. The van der Waals surface area contributed by atoms with E-state index in [1.165, 1.54) is 18.4 Å². The van der Waals surface area contributed by atoms with E-state index in [0.717, 1.165) is 11.3 Å². The van der Waals surface area contributed by atoms with Crippen molar-refractivity contribution in [1.29, 1.82) is 0 Å². The number of aromatic nitrogens is 1. The van der Waals surface area contributed by atoms with Crippen LogP contribution in [0, 0.1) is 0 Å². The summed E-state index contributed by atoms with van der Waals surface area (Å²) < 4.78 is 19.3. The van der Waals surface area contributed by atoms with Crippen molar-refractivity contribution >= 4 is 27.3 Å². The molecule has 0 amide bonds. The molecule has 84 valence electrons. The smallest absolute Gasteiger partial charge is 0.187 e. The van der Waals surface area contributed by atoms with Crippen molar-refractivity contribution in [2.75, 3.05) is 7.11 Å². The van der Waals surface area contributed by atoms with Crippen molar-refractivity contribution in [1.82, 2.24) is 4.98 Å². The third-order valence-electron chi connectivity index (χ3n) is 1.86. The maximum atomic E-state index is 11.0. The Labute approximate surface area is 99.3 Å². The Bertz CT molecular complexity index is 545. The average Bonchev–Trinajstić information content (AvgIpc) is 2.78. The van der Waals surface area contributed by atoms with Crippen molar-refractivity contribution in [3.63, 3.8) is 0 Å².